The summed E-state index contributed by atoms with van der Waals surface area (Å²) in [5.41, 5.74) is 7.99. The summed E-state index contributed by atoms with van der Waals surface area (Å²) in [5.74, 6) is 0.605. The van der Waals surface area contributed by atoms with Crippen LogP contribution in [0, 0.1) is 17.8 Å². The molecule has 2 aromatic rings. The second-order valence-electron chi connectivity index (χ2n) is 11.2. The number of rotatable bonds is 5. The fourth-order valence-corrected chi connectivity index (χ4v) is 5.96. The molecule has 29 heavy (non-hydrogen) atoms. The van der Waals surface area contributed by atoms with Crippen LogP contribution in [0.2, 0.25) is 0 Å². The predicted molar refractivity (Wildman–Crippen MR) is 125 cm³/mol. The molecular weight excluding hydrogens is 350 g/mol. The van der Waals surface area contributed by atoms with Crippen molar-refractivity contribution in [1.82, 2.24) is 0 Å². The topological polar surface area (TPSA) is 3.88 Å². The average Bonchev–Trinajstić information content (AvgIpc) is 2.89. The SMILES string of the molecule is CCC(C)(CC)c1ccc(-c2ccc(C3C(C)(C)CCC3(C)C)c[n+]2C)c(C)c1. The molecule has 1 heteroatoms. The molecule has 1 aliphatic carbocycles. The average molecular weight is 393 g/mol. The molecule has 0 radical (unpaired) electrons. The highest BCUT2D eigenvalue weighted by atomic mass is 14.9. The third-order valence-corrected chi connectivity index (χ3v) is 8.23. The lowest BCUT2D eigenvalue weighted by Gasteiger charge is -2.35. The fraction of sp³-hybridized carbons (Fsp3) is 0.607. The molecule has 0 atom stereocenters. The van der Waals surface area contributed by atoms with E-state index in [1.165, 1.54) is 53.6 Å². The highest BCUT2D eigenvalue weighted by Gasteiger charge is 2.48. The molecule has 158 valence electrons. The summed E-state index contributed by atoms with van der Waals surface area (Å²) < 4.78 is 2.35. The van der Waals surface area contributed by atoms with Crippen LogP contribution < -0.4 is 4.57 Å². The maximum atomic E-state index is 2.45. The fourth-order valence-electron chi connectivity index (χ4n) is 5.96. The predicted octanol–water partition coefficient (Wildman–Crippen LogP) is 7.49. The van der Waals surface area contributed by atoms with E-state index in [-0.39, 0.29) is 5.41 Å². The van der Waals surface area contributed by atoms with Gasteiger partial charge >= 0.3 is 0 Å². The molecule has 0 amide bonds. The minimum absolute atomic E-state index is 0.273. The molecule has 1 aromatic carbocycles. The third kappa shape index (κ3) is 3.90. The highest BCUT2D eigenvalue weighted by Crippen LogP contribution is 2.58. The van der Waals surface area contributed by atoms with Crippen LogP contribution >= 0.6 is 0 Å². The third-order valence-electron chi connectivity index (χ3n) is 8.23. The van der Waals surface area contributed by atoms with Crippen molar-refractivity contribution in [2.24, 2.45) is 17.9 Å². The lowest BCUT2D eigenvalue weighted by molar-refractivity contribution is -0.661. The largest absolute Gasteiger partial charge is 0.212 e. The second kappa shape index (κ2) is 7.56. The van der Waals surface area contributed by atoms with E-state index in [4.69, 9.17) is 0 Å². The Balaban J connectivity index is 2.00. The molecule has 1 saturated carbocycles. The molecule has 0 bridgehead atoms. The molecule has 1 fully saturated rings. The molecule has 1 heterocycles. The summed E-state index contributed by atoms with van der Waals surface area (Å²) in [6.07, 6.45) is 7.37. The zero-order chi connectivity index (χ0) is 21.6. The molecule has 0 spiro atoms. The van der Waals surface area contributed by atoms with Gasteiger partial charge in [0.05, 0.1) is 0 Å². The molecule has 0 unspecified atom stereocenters. The van der Waals surface area contributed by atoms with Gasteiger partial charge in [-0.2, -0.15) is 0 Å². The molecular formula is C28H42N+. The van der Waals surface area contributed by atoms with Gasteiger partial charge in [-0.25, -0.2) is 4.57 Å². The smallest absolute Gasteiger partial charge is 0.201 e. The maximum Gasteiger partial charge on any atom is 0.212 e. The van der Waals surface area contributed by atoms with E-state index in [0.29, 0.717) is 16.7 Å². The van der Waals surface area contributed by atoms with Crippen molar-refractivity contribution in [3.8, 4) is 11.3 Å². The Bertz CT molecular complexity index is 867. The summed E-state index contributed by atoms with van der Waals surface area (Å²) in [6.45, 7) is 19.0. The summed E-state index contributed by atoms with van der Waals surface area (Å²) in [6, 6.07) is 11.9. The molecule has 0 aliphatic heterocycles. The molecule has 1 nitrogen and oxygen atoms in total. The van der Waals surface area contributed by atoms with E-state index in [1.807, 2.05) is 0 Å². The number of aromatic nitrogens is 1. The van der Waals surface area contributed by atoms with Crippen LogP contribution in [0.25, 0.3) is 11.3 Å². The van der Waals surface area contributed by atoms with E-state index in [1.54, 1.807) is 0 Å². The summed E-state index contributed by atoms with van der Waals surface area (Å²) >= 11 is 0. The molecule has 3 rings (SSSR count). The monoisotopic (exact) mass is 392 g/mol. The van der Waals surface area contributed by atoms with Crippen molar-refractivity contribution < 1.29 is 4.57 Å². The highest BCUT2D eigenvalue weighted by molar-refractivity contribution is 5.62. The van der Waals surface area contributed by atoms with E-state index in [0.717, 1.165) is 0 Å². The van der Waals surface area contributed by atoms with Crippen molar-refractivity contribution in [2.45, 2.75) is 92.4 Å². The van der Waals surface area contributed by atoms with E-state index >= 15 is 0 Å². The number of nitrogens with zero attached hydrogens (tertiary/aromatic N) is 1. The van der Waals surface area contributed by atoms with Crippen molar-refractivity contribution in [3.63, 3.8) is 0 Å². The van der Waals surface area contributed by atoms with Gasteiger partial charge in [-0.05, 0) is 78.0 Å². The molecule has 0 saturated heterocycles. The lowest BCUT2D eigenvalue weighted by atomic mass is 9.69. The number of benzene rings is 1. The quantitative estimate of drug-likeness (QED) is 0.464. The van der Waals surface area contributed by atoms with Crippen LogP contribution in [0.3, 0.4) is 0 Å². The summed E-state index contributed by atoms with van der Waals surface area (Å²) in [4.78, 5) is 0. The van der Waals surface area contributed by atoms with Crippen molar-refractivity contribution >= 4 is 0 Å². The minimum atomic E-state index is 0.273. The standard InChI is InChI=1S/C28H42N/c1-10-28(8,11-2)22-13-14-23(20(3)18-22)24-15-12-21(19-29(24)9)25-26(4,5)16-17-27(25,6)7/h12-15,18-19,25H,10-11,16-17H2,1-9H3/q+1. The van der Waals surface area contributed by atoms with Crippen LogP contribution in [-0.4, -0.2) is 0 Å². The van der Waals surface area contributed by atoms with Crippen molar-refractivity contribution in [2.75, 3.05) is 0 Å². The van der Waals surface area contributed by atoms with E-state index < -0.39 is 0 Å². The number of aryl methyl sites for hydroxylation is 2. The Labute approximate surface area is 179 Å². The number of hydrogen-bond donors (Lipinski definition) is 0. The Kier molecular flexibility index (Phi) is 5.75. The van der Waals surface area contributed by atoms with Gasteiger partial charge in [0, 0.05) is 17.2 Å². The first-order valence-corrected chi connectivity index (χ1v) is 11.6. The Morgan fingerprint density at radius 1 is 0.966 bits per heavy atom. The van der Waals surface area contributed by atoms with Gasteiger partial charge in [0.2, 0.25) is 5.69 Å². The van der Waals surface area contributed by atoms with Gasteiger partial charge in [0.1, 0.15) is 7.05 Å². The lowest BCUT2D eigenvalue weighted by Crippen LogP contribution is -2.34. The molecule has 1 aliphatic rings. The van der Waals surface area contributed by atoms with Crippen LogP contribution in [0.1, 0.15) is 96.8 Å². The van der Waals surface area contributed by atoms with Gasteiger partial charge in [-0.3, -0.25) is 0 Å². The van der Waals surface area contributed by atoms with Gasteiger partial charge in [-0.1, -0.05) is 60.6 Å². The first kappa shape index (κ1) is 22.1. The van der Waals surface area contributed by atoms with Crippen LogP contribution in [-0.2, 0) is 12.5 Å². The normalized spacial score (nSPS) is 18.9. The molecule has 0 N–H and O–H groups in total. The van der Waals surface area contributed by atoms with Crippen molar-refractivity contribution in [3.05, 3.63) is 53.2 Å². The maximum absolute atomic E-state index is 2.45. The summed E-state index contributed by atoms with van der Waals surface area (Å²) in [5, 5.41) is 0. The zero-order valence-corrected chi connectivity index (χ0v) is 20.3. The number of hydrogen-bond acceptors (Lipinski definition) is 0. The van der Waals surface area contributed by atoms with E-state index in [9.17, 15) is 0 Å². The second-order valence-corrected chi connectivity index (χ2v) is 11.2. The van der Waals surface area contributed by atoms with Gasteiger partial charge < -0.3 is 0 Å². The Hall–Kier alpha value is -1.63. The van der Waals surface area contributed by atoms with Gasteiger partial charge in [0.15, 0.2) is 6.20 Å². The van der Waals surface area contributed by atoms with Gasteiger partial charge in [-0.15, -0.1) is 0 Å². The minimum Gasteiger partial charge on any atom is -0.201 e. The first-order valence-electron chi connectivity index (χ1n) is 11.6. The summed E-state index contributed by atoms with van der Waals surface area (Å²) in [7, 11) is 2.21. The number of pyridine rings is 1. The van der Waals surface area contributed by atoms with Gasteiger partial charge in [0.25, 0.3) is 0 Å². The zero-order valence-electron chi connectivity index (χ0n) is 20.3. The van der Waals surface area contributed by atoms with Crippen LogP contribution in [0.15, 0.2) is 36.5 Å². The van der Waals surface area contributed by atoms with E-state index in [2.05, 4.69) is 104 Å². The van der Waals surface area contributed by atoms with Crippen LogP contribution in [0.5, 0.6) is 0 Å². The van der Waals surface area contributed by atoms with Crippen LogP contribution in [0.4, 0.5) is 0 Å². The first-order chi connectivity index (χ1) is 13.4. The van der Waals surface area contributed by atoms with Crippen molar-refractivity contribution in [1.29, 1.82) is 0 Å². The Morgan fingerprint density at radius 3 is 2.03 bits per heavy atom. The Morgan fingerprint density at radius 2 is 1.55 bits per heavy atom. The molecule has 1 aromatic heterocycles.